The highest BCUT2D eigenvalue weighted by Crippen LogP contribution is 2.19. The van der Waals surface area contributed by atoms with E-state index in [9.17, 15) is 13.2 Å². The fourth-order valence-corrected chi connectivity index (χ4v) is 3.86. The van der Waals surface area contributed by atoms with Crippen LogP contribution >= 0.6 is 0 Å². The first-order valence-electron chi connectivity index (χ1n) is 6.95. The molecule has 0 bridgehead atoms. The normalized spacial score (nSPS) is 20.2. The third-order valence-corrected chi connectivity index (χ3v) is 5.85. The molecule has 0 radical (unpaired) electrons. The van der Waals surface area contributed by atoms with Crippen molar-refractivity contribution < 1.29 is 22.7 Å². The van der Waals surface area contributed by atoms with Crippen LogP contribution in [-0.2, 0) is 14.6 Å². The lowest BCUT2D eigenvalue weighted by Gasteiger charge is -2.15. The Bertz CT molecular complexity index is 585. The van der Waals surface area contributed by atoms with Crippen molar-refractivity contribution in [1.29, 1.82) is 0 Å². The molecule has 116 valence electrons. The van der Waals surface area contributed by atoms with E-state index in [1.807, 2.05) is 0 Å². The summed E-state index contributed by atoms with van der Waals surface area (Å²) in [5.41, 5.74) is 0.374. The van der Waals surface area contributed by atoms with E-state index in [2.05, 4.69) is 0 Å². The molecule has 1 aromatic carbocycles. The number of ketones is 1. The molecule has 2 rings (SSSR count). The molecule has 1 saturated heterocycles. The van der Waals surface area contributed by atoms with Crippen LogP contribution in [0, 0.1) is 0 Å². The van der Waals surface area contributed by atoms with Crippen molar-refractivity contribution in [2.24, 2.45) is 0 Å². The van der Waals surface area contributed by atoms with Gasteiger partial charge in [-0.3, -0.25) is 4.79 Å². The molecular formula is C15H20O5S. The van der Waals surface area contributed by atoms with Crippen LogP contribution in [0.4, 0.5) is 0 Å². The standard InChI is InChI=1S/C15H20O5S/c1-11(21(17,18)10-14-4-3-9-20-14)15(16)12-5-7-13(19-2)8-6-12/h5-8,11,14H,3-4,9-10H2,1-2H3. The Morgan fingerprint density at radius 2 is 2.05 bits per heavy atom. The number of hydrogen-bond donors (Lipinski definition) is 0. The molecule has 0 amide bonds. The number of rotatable bonds is 6. The molecule has 1 aliphatic heterocycles. The summed E-state index contributed by atoms with van der Waals surface area (Å²) < 4.78 is 35.0. The first-order valence-corrected chi connectivity index (χ1v) is 8.67. The SMILES string of the molecule is COc1ccc(C(=O)C(C)S(=O)(=O)CC2CCCO2)cc1. The molecule has 1 aromatic rings. The van der Waals surface area contributed by atoms with Gasteiger partial charge in [-0.2, -0.15) is 0 Å². The average Bonchev–Trinajstić information content (AvgIpc) is 2.98. The highest BCUT2D eigenvalue weighted by atomic mass is 32.2. The van der Waals surface area contributed by atoms with Crippen molar-refractivity contribution in [1.82, 2.24) is 0 Å². The fourth-order valence-electron chi connectivity index (χ4n) is 2.33. The molecule has 2 unspecified atom stereocenters. The minimum absolute atomic E-state index is 0.0872. The van der Waals surface area contributed by atoms with Gasteiger partial charge in [-0.15, -0.1) is 0 Å². The van der Waals surface area contributed by atoms with Gasteiger partial charge in [0.15, 0.2) is 15.6 Å². The molecule has 0 spiro atoms. The highest BCUT2D eigenvalue weighted by Gasteiger charge is 2.32. The maximum absolute atomic E-state index is 12.3. The molecule has 1 aliphatic rings. The van der Waals surface area contributed by atoms with E-state index in [-0.39, 0.29) is 11.9 Å². The topological polar surface area (TPSA) is 69.7 Å². The van der Waals surface area contributed by atoms with Crippen molar-refractivity contribution in [3.05, 3.63) is 29.8 Å². The minimum atomic E-state index is -3.51. The molecule has 2 atom stereocenters. The second-order valence-electron chi connectivity index (χ2n) is 5.20. The van der Waals surface area contributed by atoms with Gasteiger partial charge in [-0.1, -0.05) is 0 Å². The lowest BCUT2D eigenvalue weighted by Crippen LogP contribution is -2.33. The Morgan fingerprint density at radius 3 is 2.57 bits per heavy atom. The van der Waals surface area contributed by atoms with E-state index < -0.39 is 20.9 Å². The Labute approximate surface area is 125 Å². The lowest BCUT2D eigenvalue weighted by molar-refractivity contribution is 0.0990. The van der Waals surface area contributed by atoms with E-state index in [0.29, 0.717) is 17.9 Å². The molecule has 21 heavy (non-hydrogen) atoms. The second kappa shape index (κ2) is 6.58. The second-order valence-corrected chi connectivity index (χ2v) is 7.57. The van der Waals surface area contributed by atoms with Gasteiger partial charge < -0.3 is 9.47 Å². The number of sulfone groups is 1. The highest BCUT2D eigenvalue weighted by molar-refractivity contribution is 7.92. The summed E-state index contributed by atoms with van der Waals surface area (Å²) in [6, 6.07) is 6.46. The van der Waals surface area contributed by atoms with Gasteiger partial charge in [0.05, 0.1) is 19.0 Å². The first kappa shape index (κ1) is 16.0. The number of carbonyl (C=O) groups is 1. The molecule has 1 fully saturated rings. The van der Waals surface area contributed by atoms with Gasteiger partial charge in [0.1, 0.15) is 11.0 Å². The van der Waals surface area contributed by atoms with Crippen molar-refractivity contribution in [3.8, 4) is 5.75 Å². The summed E-state index contributed by atoms with van der Waals surface area (Å²) in [5, 5.41) is -1.06. The van der Waals surface area contributed by atoms with Crippen LogP contribution in [0.15, 0.2) is 24.3 Å². The average molecular weight is 312 g/mol. The van der Waals surface area contributed by atoms with E-state index in [1.54, 1.807) is 24.3 Å². The van der Waals surface area contributed by atoms with Gasteiger partial charge in [-0.25, -0.2) is 8.42 Å². The summed E-state index contributed by atoms with van der Waals surface area (Å²) in [7, 11) is -1.98. The zero-order chi connectivity index (χ0) is 15.5. The van der Waals surface area contributed by atoms with Gasteiger partial charge in [0, 0.05) is 12.2 Å². The number of methoxy groups -OCH3 is 1. The van der Waals surface area contributed by atoms with E-state index in [4.69, 9.17) is 9.47 Å². The van der Waals surface area contributed by atoms with Crippen LogP contribution in [0.25, 0.3) is 0 Å². The number of carbonyl (C=O) groups excluding carboxylic acids is 1. The maximum atomic E-state index is 12.3. The van der Waals surface area contributed by atoms with Crippen molar-refractivity contribution in [3.63, 3.8) is 0 Å². The number of hydrogen-bond acceptors (Lipinski definition) is 5. The summed E-state index contributed by atoms with van der Waals surface area (Å²) in [6.45, 7) is 2.04. The Morgan fingerprint density at radius 1 is 1.38 bits per heavy atom. The third kappa shape index (κ3) is 3.83. The summed E-state index contributed by atoms with van der Waals surface area (Å²) >= 11 is 0. The van der Waals surface area contributed by atoms with Crippen LogP contribution in [0.1, 0.15) is 30.1 Å². The van der Waals surface area contributed by atoms with E-state index in [1.165, 1.54) is 14.0 Å². The minimum Gasteiger partial charge on any atom is -0.497 e. The molecule has 0 aliphatic carbocycles. The van der Waals surface area contributed by atoms with Crippen LogP contribution in [0.3, 0.4) is 0 Å². The molecule has 5 nitrogen and oxygen atoms in total. The molecule has 0 N–H and O–H groups in total. The van der Waals surface area contributed by atoms with Crippen molar-refractivity contribution >= 4 is 15.6 Å². The molecule has 6 heteroatoms. The van der Waals surface area contributed by atoms with E-state index in [0.717, 1.165) is 12.8 Å². The zero-order valence-electron chi connectivity index (χ0n) is 12.2. The summed E-state index contributed by atoms with van der Waals surface area (Å²) in [6.07, 6.45) is 1.34. The monoisotopic (exact) mass is 312 g/mol. The zero-order valence-corrected chi connectivity index (χ0v) is 13.1. The lowest BCUT2D eigenvalue weighted by atomic mass is 10.1. The quantitative estimate of drug-likeness (QED) is 0.750. The van der Waals surface area contributed by atoms with Gasteiger partial charge in [0.2, 0.25) is 0 Å². The fraction of sp³-hybridized carbons (Fsp3) is 0.533. The maximum Gasteiger partial charge on any atom is 0.180 e. The van der Waals surface area contributed by atoms with E-state index >= 15 is 0 Å². The van der Waals surface area contributed by atoms with Gasteiger partial charge >= 0.3 is 0 Å². The predicted octanol–water partition coefficient (Wildman–Crippen LogP) is 1.86. The smallest absolute Gasteiger partial charge is 0.180 e. The van der Waals surface area contributed by atoms with Crippen LogP contribution in [-0.4, -0.2) is 45.0 Å². The third-order valence-electron chi connectivity index (χ3n) is 3.72. The molecular weight excluding hydrogens is 292 g/mol. The summed E-state index contributed by atoms with van der Waals surface area (Å²) in [4.78, 5) is 12.3. The number of Topliss-reactive ketones (excluding diaryl/α,β-unsaturated/α-hetero) is 1. The van der Waals surface area contributed by atoms with Gasteiger partial charge in [0.25, 0.3) is 0 Å². The largest absolute Gasteiger partial charge is 0.497 e. The number of benzene rings is 1. The first-order chi connectivity index (χ1) is 9.94. The van der Waals surface area contributed by atoms with Crippen molar-refractivity contribution in [2.45, 2.75) is 31.1 Å². The predicted molar refractivity (Wildman–Crippen MR) is 79.5 cm³/mol. The van der Waals surface area contributed by atoms with Gasteiger partial charge in [-0.05, 0) is 44.0 Å². The van der Waals surface area contributed by atoms with Crippen LogP contribution in [0.5, 0.6) is 5.75 Å². The Kier molecular flexibility index (Phi) is 5.00. The molecule has 1 heterocycles. The Hall–Kier alpha value is -1.40. The molecule has 0 saturated carbocycles. The van der Waals surface area contributed by atoms with Crippen LogP contribution in [0.2, 0.25) is 0 Å². The Balaban J connectivity index is 2.09. The molecule has 0 aromatic heterocycles. The number of ether oxygens (including phenoxy) is 2. The van der Waals surface area contributed by atoms with Crippen LogP contribution < -0.4 is 4.74 Å². The van der Waals surface area contributed by atoms with Crippen molar-refractivity contribution in [2.75, 3.05) is 19.5 Å². The summed E-state index contributed by atoms with van der Waals surface area (Å²) in [5.74, 6) is 0.146.